The summed E-state index contributed by atoms with van der Waals surface area (Å²) in [7, 11) is 4.46. The maximum Gasteiger partial charge on any atom is 0.360 e. The molecule has 0 radical (unpaired) electrons. The lowest BCUT2D eigenvalue weighted by Crippen LogP contribution is -2.11. The number of hydrogen-bond donors (Lipinski definition) is 0. The fraction of sp³-hybridized carbons (Fsp3) is 0.357. The first-order valence-corrected chi connectivity index (χ1v) is 6.32. The van der Waals surface area contributed by atoms with Gasteiger partial charge in [0.15, 0.2) is 5.69 Å². The van der Waals surface area contributed by atoms with E-state index in [0.717, 1.165) is 11.3 Å². The zero-order valence-electron chi connectivity index (χ0n) is 12.2. The van der Waals surface area contributed by atoms with E-state index < -0.39 is 5.97 Å². The number of methoxy groups -OCH3 is 3. The van der Waals surface area contributed by atoms with Crippen LogP contribution in [-0.2, 0) is 22.6 Å². The van der Waals surface area contributed by atoms with Crippen LogP contribution in [0.3, 0.4) is 0 Å². The van der Waals surface area contributed by atoms with Crippen LogP contribution in [0.2, 0.25) is 0 Å². The monoisotopic (exact) mass is 291 g/mol. The van der Waals surface area contributed by atoms with E-state index in [1.807, 2.05) is 24.3 Å². The van der Waals surface area contributed by atoms with Gasteiger partial charge in [-0.25, -0.2) is 9.48 Å². The first kappa shape index (κ1) is 15.0. The number of carbonyl (C=O) groups is 1. The van der Waals surface area contributed by atoms with Gasteiger partial charge in [0.2, 0.25) is 0 Å². The first-order valence-electron chi connectivity index (χ1n) is 6.32. The van der Waals surface area contributed by atoms with Crippen molar-refractivity contribution in [1.29, 1.82) is 0 Å². The molecule has 0 atom stereocenters. The smallest absolute Gasteiger partial charge is 0.360 e. The highest BCUT2D eigenvalue weighted by Crippen LogP contribution is 2.15. The molecule has 21 heavy (non-hydrogen) atoms. The number of esters is 1. The molecular formula is C14H17N3O4. The third-order valence-electron chi connectivity index (χ3n) is 2.96. The Balaban J connectivity index is 2.30. The van der Waals surface area contributed by atoms with Gasteiger partial charge in [-0.2, -0.15) is 0 Å². The van der Waals surface area contributed by atoms with Crippen molar-refractivity contribution in [2.75, 3.05) is 21.3 Å². The molecule has 7 nitrogen and oxygen atoms in total. The average Bonchev–Trinajstić information content (AvgIpc) is 2.90. The molecule has 0 saturated carbocycles. The number of carbonyl (C=O) groups excluding carboxylic acids is 1. The van der Waals surface area contributed by atoms with Gasteiger partial charge in [-0.1, -0.05) is 17.3 Å². The molecule has 1 aromatic heterocycles. The van der Waals surface area contributed by atoms with E-state index in [1.54, 1.807) is 18.9 Å². The van der Waals surface area contributed by atoms with Crippen molar-refractivity contribution in [2.45, 2.75) is 13.2 Å². The predicted octanol–water partition coefficient (Wildman–Crippen LogP) is 1.27. The minimum atomic E-state index is -0.529. The van der Waals surface area contributed by atoms with Crippen molar-refractivity contribution in [3.8, 4) is 5.75 Å². The van der Waals surface area contributed by atoms with Gasteiger partial charge in [0, 0.05) is 7.11 Å². The minimum Gasteiger partial charge on any atom is -0.497 e. The molecule has 7 heteroatoms. The highest BCUT2D eigenvalue weighted by Gasteiger charge is 2.20. The third kappa shape index (κ3) is 3.38. The normalized spacial score (nSPS) is 10.4. The summed E-state index contributed by atoms with van der Waals surface area (Å²) in [5, 5.41) is 7.87. The molecule has 0 bridgehead atoms. The summed E-state index contributed by atoms with van der Waals surface area (Å²) in [5.41, 5.74) is 1.72. The van der Waals surface area contributed by atoms with Crippen LogP contribution in [0.5, 0.6) is 5.75 Å². The lowest BCUT2D eigenvalue weighted by Gasteiger charge is -2.08. The largest absolute Gasteiger partial charge is 0.497 e. The maximum absolute atomic E-state index is 11.7. The van der Waals surface area contributed by atoms with Gasteiger partial charge in [0.05, 0.1) is 33.1 Å². The molecule has 0 aliphatic heterocycles. The zero-order valence-corrected chi connectivity index (χ0v) is 12.2. The summed E-state index contributed by atoms with van der Waals surface area (Å²) in [6.07, 6.45) is 0. The second-order valence-corrected chi connectivity index (χ2v) is 4.32. The van der Waals surface area contributed by atoms with E-state index in [0.29, 0.717) is 12.2 Å². The Hall–Kier alpha value is -2.41. The summed E-state index contributed by atoms with van der Waals surface area (Å²) in [6, 6.07) is 7.60. The van der Waals surface area contributed by atoms with Crippen LogP contribution in [0.25, 0.3) is 0 Å². The number of aromatic nitrogens is 3. The first-order chi connectivity index (χ1) is 10.2. The van der Waals surface area contributed by atoms with Crippen molar-refractivity contribution in [3.63, 3.8) is 0 Å². The summed E-state index contributed by atoms with van der Waals surface area (Å²) < 4.78 is 16.6. The summed E-state index contributed by atoms with van der Waals surface area (Å²) in [5.74, 6) is 0.230. The Bertz CT molecular complexity index is 624. The summed E-state index contributed by atoms with van der Waals surface area (Å²) in [6.45, 7) is 0.682. The maximum atomic E-state index is 11.7. The van der Waals surface area contributed by atoms with Gasteiger partial charge in [-0.05, 0) is 17.7 Å². The lowest BCUT2D eigenvalue weighted by molar-refractivity contribution is 0.0588. The SMILES string of the molecule is COCc1c(C(=O)OC)nnn1Cc1cccc(OC)c1. The van der Waals surface area contributed by atoms with Crippen molar-refractivity contribution in [3.05, 3.63) is 41.2 Å². The van der Waals surface area contributed by atoms with Crippen LogP contribution in [0, 0.1) is 0 Å². The van der Waals surface area contributed by atoms with Crippen molar-refractivity contribution < 1.29 is 19.0 Å². The molecule has 2 aromatic rings. The van der Waals surface area contributed by atoms with Gasteiger partial charge in [-0.3, -0.25) is 0 Å². The van der Waals surface area contributed by atoms with Crippen LogP contribution in [0.1, 0.15) is 21.7 Å². The van der Waals surface area contributed by atoms with Crippen LogP contribution in [0.15, 0.2) is 24.3 Å². The minimum absolute atomic E-state index is 0.169. The molecular weight excluding hydrogens is 274 g/mol. The van der Waals surface area contributed by atoms with E-state index >= 15 is 0 Å². The van der Waals surface area contributed by atoms with Gasteiger partial charge >= 0.3 is 5.97 Å². The molecule has 0 saturated heterocycles. The quantitative estimate of drug-likeness (QED) is 0.746. The van der Waals surface area contributed by atoms with Crippen LogP contribution < -0.4 is 4.74 Å². The number of benzene rings is 1. The topological polar surface area (TPSA) is 75.5 Å². The Labute approximate surface area is 122 Å². The molecule has 0 unspecified atom stereocenters. The fourth-order valence-corrected chi connectivity index (χ4v) is 1.94. The number of nitrogens with zero attached hydrogens (tertiary/aromatic N) is 3. The van der Waals surface area contributed by atoms with Gasteiger partial charge in [-0.15, -0.1) is 5.10 Å². The predicted molar refractivity (Wildman–Crippen MR) is 74.2 cm³/mol. The second-order valence-electron chi connectivity index (χ2n) is 4.32. The van der Waals surface area contributed by atoms with Crippen LogP contribution in [0.4, 0.5) is 0 Å². The Morgan fingerprint density at radius 3 is 2.76 bits per heavy atom. The Kier molecular flexibility index (Phi) is 4.89. The molecule has 0 spiro atoms. The molecule has 0 amide bonds. The molecule has 2 rings (SSSR count). The van der Waals surface area contributed by atoms with Gasteiger partial charge in [0.25, 0.3) is 0 Å². The van der Waals surface area contributed by atoms with Crippen molar-refractivity contribution >= 4 is 5.97 Å². The van der Waals surface area contributed by atoms with Crippen molar-refractivity contribution in [2.24, 2.45) is 0 Å². The molecule has 1 aromatic carbocycles. The molecule has 0 aliphatic carbocycles. The van der Waals surface area contributed by atoms with Crippen LogP contribution >= 0.6 is 0 Å². The number of ether oxygens (including phenoxy) is 3. The molecule has 1 heterocycles. The van der Waals surface area contributed by atoms with Crippen molar-refractivity contribution in [1.82, 2.24) is 15.0 Å². The van der Waals surface area contributed by atoms with Crippen LogP contribution in [-0.4, -0.2) is 42.3 Å². The average molecular weight is 291 g/mol. The number of hydrogen-bond acceptors (Lipinski definition) is 6. The standard InChI is InChI=1S/C14H17N3O4/c1-19-9-12-13(14(18)21-3)15-16-17(12)8-10-5-4-6-11(7-10)20-2/h4-7H,8-9H2,1-3H3. The van der Waals surface area contributed by atoms with Gasteiger partial charge < -0.3 is 14.2 Å². The summed E-state index contributed by atoms with van der Waals surface area (Å²) in [4.78, 5) is 11.7. The van der Waals surface area contributed by atoms with E-state index in [2.05, 4.69) is 10.3 Å². The van der Waals surface area contributed by atoms with E-state index in [9.17, 15) is 4.79 Å². The molecule has 0 N–H and O–H groups in total. The van der Waals surface area contributed by atoms with E-state index in [-0.39, 0.29) is 12.3 Å². The highest BCUT2D eigenvalue weighted by molar-refractivity contribution is 5.88. The van der Waals surface area contributed by atoms with E-state index in [1.165, 1.54) is 7.11 Å². The Morgan fingerprint density at radius 2 is 2.10 bits per heavy atom. The summed E-state index contributed by atoms with van der Waals surface area (Å²) >= 11 is 0. The third-order valence-corrected chi connectivity index (χ3v) is 2.96. The van der Waals surface area contributed by atoms with Gasteiger partial charge in [0.1, 0.15) is 5.75 Å². The zero-order chi connectivity index (χ0) is 15.2. The number of rotatable bonds is 6. The molecule has 112 valence electrons. The fourth-order valence-electron chi connectivity index (χ4n) is 1.94. The lowest BCUT2D eigenvalue weighted by atomic mass is 10.2. The Morgan fingerprint density at radius 1 is 1.29 bits per heavy atom. The molecule has 0 aliphatic rings. The second kappa shape index (κ2) is 6.85. The highest BCUT2D eigenvalue weighted by atomic mass is 16.5. The molecule has 0 fully saturated rings. The van der Waals surface area contributed by atoms with E-state index in [4.69, 9.17) is 14.2 Å².